The number of ether oxygens (including phenoxy) is 1. The molecule has 2 rings (SSSR count). The van der Waals surface area contributed by atoms with Crippen molar-refractivity contribution in [2.45, 2.75) is 19.4 Å². The van der Waals surface area contributed by atoms with Gasteiger partial charge in [-0.1, -0.05) is 30.3 Å². The van der Waals surface area contributed by atoms with Gasteiger partial charge in [0, 0.05) is 13.1 Å². The highest BCUT2D eigenvalue weighted by molar-refractivity contribution is 5.73. The van der Waals surface area contributed by atoms with E-state index in [4.69, 9.17) is 4.74 Å². The van der Waals surface area contributed by atoms with E-state index in [1.54, 1.807) is 12.1 Å². The Morgan fingerprint density at radius 1 is 1.24 bits per heavy atom. The lowest BCUT2D eigenvalue weighted by Gasteiger charge is -2.15. The van der Waals surface area contributed by atoms with E-state index in [9.17, 15) is 14.3 Å². The van der Waals surface area contributed by atoms with Crippen LogP contribution in [0.1, 0.15) is 22.8 Å². The van der Waals surface area contributed by atoms with Crippen LogP contribution in [-0.4, -0.2) is 31.3 Å². The molecule has 0 fully saturated rings. The molecule has 2 amide bonds. The van der Waals surface area contributed by atoms with Crippen LogP contribution in [0.5, 0.6) is 5.75 Å². The van der Waals surface area contributed by atoms with E-state index in [1.807, 2.05) is 31.2 Å². The minimum Gasteiger partial charge on any atom is -0.494 e. The Morgan fingerprint density at radius 3 is 2.72 bits per heavy atom. The first-order valence-electron chi connectivity index (χ1n) is 8.09. The summed E-state index contributed by atoms with van der Waals surface area (Å²) in [6.07, 6.45) is -0.210. The molecule has 0 saturated heterocycles. The molecule has 0 aromatic heterocycles. The number of nitrogens with one attached hydrogen (secondary N) is 2. The molecule has 25 heavy (non-hydrogen) atoms. The van der Waals surface area contributed by atoms with Gasteiger partial charge in [-0.05, 0) is 42.2 Å². The van der Waals surface area contributed by atoms with Crippen molar-refractivity contribution in [3.05, 3.63) is 65.0 Å². The molecule has 1 atom stereocenters. The Balaban J connectivity index is 1.75. The Bertz CT molecular complexity index is 722. The first kappa shape index (κ1) is 18.7. The number of aliphatic hydroxyl groups excluding tert-OH is 1. The highest BCUT2D eigenvalue weighted by Crippen LogP contribution is 2.18. The molecule has 6 heteroatoms. The van der Waals surface area contributed by atoms with Crippen LogP contribution in [0.3, 0.4) is 0 Å². The van der Waals surface area contributed by atoms with Crippen LogP contribution < -0.4 is 15.4 Å². The fourth-order valence-electron chi connectivity index (χ4n) is 2.50. The smallest absolute Gasteiger partial charge is 0.314 e. The second-order valence-electron chi connectivity index (χ2n) is 5.73. The van der Waals surface area contributed by atoms with Crippen molar-refractivity contribution in [1.82, 2.24) is 10.6 Å². The molecule has 5 nitrogen and oxygen atoms in total. The van der Waals surface area contributed by atoms with E-state index in [0.29, 0.717) is 13.0 Å². The quantitative estimate of drug-likeness (QED) is 0.722. The normalized spacial score (nSPS) is 11.7. The lowest BCUT2D eigenvalue weighted by molar-refractivity contribution is 0.172. The minimum atomic E-state index is -0.756. The van der Waals surface area contributed by atoms with Gasteiger partial charge in [0.05, 0.1) is 13.2 Å². The maximum absolute atomic E-state index is 13.3. The third-order valence-electron chi connectivity index (χ3n) is 3.92. The van der Waals surface area contributed by atoms with Gasteiger partial charge >= 0.3 is 6.03 Å². The molecule has 0 saturated carbocycles. The lowest BCUT2D eigenvalue weighted by atomic mass is 10.0. The average molecular weight is 346 g/mol. The number of aliphatic hydroxyl groups is 1. The van der Waals surface area contributed by atoms with Crippen molar-refractivity contribution in [2.24, 2.45) is 0 Å². The molecule has 0 heterocycles. The average Bonchev–Trinajstić information content (AvgIpc) is 2.61. The topological polar surface area (TPSA) is 70.6 Å². The Morgan fingerprint density at radius 2 is 2.00 bits per heavy atom. The van der Waals surface area contributed by atoms with Crippen LogP contribution in [0.25, 0.3) is 0 Å². The van der Waals surface area contributed by atoms with Crippen molar-refractivity contribution < 1.29 is 19.0 Å². The standard InChI is InChI=1S/C19H23FN2O3/c1-13-5-3-4-6-15(13)17(23)12-22-19(24)21-10-9-14-7-8-16(20)18(11-14)25-2/h3-8,11,17,23H,9-10,12H2,1-2H3,(H2,21,22,24). The fourth-order valence-corrected chi connectivity index (χ4v) is 2.50. The van der Waals surface area contributed by atoms with Crippen LogP contribution in [0.15, 0.2) is 42.5 Å². The van der Waals surface area contributed by atoms with Crippen molar-refractivity contribution in [1.29, 1.82) is 0 Å². The summed E-state index contributed by atoms with van der Waals surface area (Å²) in [5.74, 6) is -0.231. The van der Waals surface area contributed by atoms with Crippen molar-refractivity contribution in [2.75, 3.05) is 20.2 Å². The summed E-state index contributed by atoms with van der Waals surface area (Å²) in [7, 11) is 1.41. The Labute approximate surface area is 146 Å². The fraction of sp³-hybridized carbons (Fsp3) is 0.316. The van der Waals surface area contributed by atoms with Gasteiger partial charge < -0.3 is 20.5 Å². The largest absolute Gasteiger partial charge is 0.494 e. The molecular formula is C19H23FN2O3. The van der Waals surface area contributed by atoms with Crippen molar-refractivity contribution in [3.8, 4) is 5.75 Å². The van der Waals surface area contributed by atoms with Gasteiger partial charge in [0.2, 0.25) is 0 Å². The molecule has 1 unspecified atom stereocenters. The van der Waals surface area contributed by atoms with Gasteiger partial charge in [0.25, 0.3) is 0 Å². The maximum Gasteiger partial charge on any atom is 0.314 e. The van der Waals surface area contributed by atoms with Gasteiger partial charge in [-0.2, -0.15) is 0 Å². The Kier molecular flexibility index (Phi) is 6.77. The summed E-state index contributed by atoms with van der Waals surface area (Å²) in [5, 5.41) is 15.5. The first-order valence-corrected chi connectivity index (χ1v) is 8.09. The SMILES string of the molecule is COc1cc(CCNC(=O)NCC(O)c2ccccc2C)ccc1F. The molecule has 2 aromatic rings. The van der Waals surface area contributed by atoms with Gasteiger partial charge in [-0.15, -0.1) is 0 Å². The second kappa shape index (κ2) is 9.03. The first-order chi connectivity index (χ1) is 12.0. The summed E-state index contributed by atoms with van der Waals surface area (Å²) < 4.78 is 18.3. The minimum absolute atomic E-state index is 0.126. The number of methoxy groups -OCH3 is 1. The number of hydrogen-bond acceptors (Lipinski definition) is 3. The number of halogens is 1. The number of carbonyl (C=O) groups is 1. The molecule has 2 aromatic carbocycles. The second-order valence-corrected chi connectivity index (χ2v) is 5.73. The van der Waals surface area contributed by atoms with E-state index >= 15 is 0 Å². The van der Waals surface area contributed by atoms with E-state index in [-0.39, 0.29) is 18.3 Å². The Hall–Kier alpha value is -2.60. The number of aryl methyl sites for hydroxylation is 1. The van der Waals surface area contributed by atoms with Gasteiger partial charge in [-0.3, -0.25) is 0 Å². The number of rotatable bonds is 7. The summed E-state index contributed by atoms with van der Waals surface area (Å²) >= 11 is 0. The summed E-state index contributed by atoms with van der Waals surface area (Å²) in [6.45, 7) is 2.43. The number of urea groups is 1. The van der Waals surface area contributed by atoms with Crippen molar-refractivity contribution >= 4 is 6.03 Å². The molecular weight excluding hydrogens is 323 g/mol. The van der Waals surface area contributed by atoms with E-state index in [1.165, 1.54) is 13.2 Å². The highest BCUT2D eigenvalue weighted by atomic mass is 19.1. The third kappa shape index (κ3) is 5.46. The predicted octanol–water partition coefficient (Wildman–Crippen LogP) is 2.72. The van der Waals surface area contributed by atoms with Crippen molar-refractivity contribution in [3.63, 3.8) is 0 Å². The van der Waals surface area contributed by atoms with Crippen LogP contribution in [-0.2, 0) is 6.42 Å². The number of carbonyl (C=O) groups excluding carboxylic acids is 1. The van der Waals surface area contributed by atoms with Gasteiger partial charge in [-0.25, -0.2) is 9.18 Å². The van der Waals surface area contributed by atoms with E-state index in [2.05, 4.69) is 10.6 Å². The molecule has 0 spiro atoms. The summed E-state index contributed by atoms with van der Waals surface area (Å²) in [4.78, 5) is 11.8. The zero-order valence-electron chi connectivity index (χ0n) is 14.4. The molecule has 0 aliphatic carbocycles. The van der Waals surface area contributed by atoms with E-state index < -0.39 is 11.9 Å². The zero-order valence-corrected chi connectivity index (χ0v) is 14.4. The van der Waals surface area contributed by atoms with Crippen LogP contribution >= 0.6 is 0 Å². The number of hydrogen-bond donors (Lipinski definition) is 3. The van der Waals surface area contributed by atoms with Crippen LogP contribution in [0.4, 0.5) is 9.18 Å². The predicted molar refractivity (Wildman–Crippen MR) is 94.2 cm³/mol. The van der Waals surface area contributed by atoms with E-state index in [0.717, 1.165) is 16.7 Å². The van der Waals surface area contributed by atoms with Crippen LogP contribution in [0, 0.1) is 12.7 Å². The molecule has 0 bridgehead atoms. The lowest BCUT2D eigenvalue weighted by Crippen LogP contribution is -2.38. The molecule has 0 aliphatic rings. The molecule has 0 aliphatic heterocycles. The molecule has 134 valence electrons. The molecule has 3 N–H and O–H groups in total. The highest BCUT2D eigenvalue weighted by Gasteiger charge is 2.11. The van der Waals surface area contributed by atoms with Crippen LogP contribution in [0.2, 0.25) is 0 Å². The van der Waals surface area contributed by atoms with Gasteiger partial charge in [0.15, 0.2) is 11.6 Å². The molecule has 0 radical (unpaired) electrons. The number of benzene rings is 2. The maximum atomic E-state index is 13.3. The number of amides is 2. The zero-order chi connectivity index (χ0) is 18.2. The monoisotopic (exact) mass is 346 g/mol. The summed E-state index contributed by atoms with van der Waals surface area (Å²) in [5.41, 5.74) is 2.63. The summed E-state index contributed by atoms with van der Waals surface area (Å²) in [6, 6.07) is 11.7. The third-order valence-corrected chi connectivity index (χ3v) is 3.92. The van der Waals surface area contributed by atoms with Gasteiger partial charge in [0.1, 0.15) is 0 Å².